The fraction of sp³-hybridized carbons (Fsp3) is 0.723. The quantitative estimate of drug-likeness (QED) is 0.0399. The molecule has 19 nitrogen and oxygen atoms in total. The standard InChI is InChI=1S/C47H84N10O9/c1-10-17-27-50-42(61)34(31-41(60)39(56-47(66)38(14-5)55-33(9)59)25-19-22-29-51-43(62)35(11-2)48-15-6)24-18-21-28-53-45(64)40(57-46(65)36(12-3)49-16-7)26-20-23-30-52-44(63)37(13-4)54-32(8)58/h15-16,34-40,48-49H,6-7,10-14,17-31H2,1-5,8-9H3,(H,50,61)(H,51,62)(H,52,63)(H,53,64)(H,54,58)(H,55,59)(H,56,66)(H,57,65)/t34-,35+,36-,37+,38-,39-,40-/m0/s1. The summed E-state index contributed by atoms with van der Waals surface area (Å²) in [7, 11) is 0. The molecule has 0 rings (SSSR count). The molecule has 7 atom stereocenters. The van der Waals surface area contributed by atoms with Crippen molar-refractivity contribution in [3.8, 4) is 0 Å². The van der Waals surface area contributed by atoms with Crippen LogP contribution in [0.5, 0.6) is 0 Å². The molecule has 0 aromatic carbocycles. The molecule has 0 heterocycles. The van der Waals surface area contributed by atoms with Crippen molar-refractivity contribution in [3.05, 3.63) is 25.6 Å². The zero-order valence-electron chi connectivity index (χ0n) is 40.9. The van der Waals surface area contributed by atoms with Gasteiger partial charge in [-0.15, -0.1) is 0 Å². The zero-order valence-corrected chi connectivity index (χ0v) is 40.9. The van der Waals surface area contributed by atoms with Gasteiger partial charge in [0.25, 0.3) is 0 Å². The van der Waals surface area contributed by atoms with Crippen molar-refractivity contribution in [2.45, 2.75) is 187 Å². The highest BCUT2D eigenvalue weighted by atomic mass is 16.2. The van der Waals surface area contributed by atoms with E-state index in [1.54, 1.807) is 13.8 Å². The number of nitrogens with one attached hydrogen (secondary N) is 10. The second kappa shape index (κ2) is 36.7. The van der Waals surface area contributed by atoms with Gasteiger partial charge in [-0.2, -0.15) is 0 Å². The second-order valence-electron chi connectivity index (χ2n) is 16.5. The molecular weight excluding hydrogens is 849 g/mol. The first-order valence-electron chi connectivity index (χ1n) is 24.1. The minimum atomic E-state index is -0.943. The number of carbonyl (C=O) groups excluding carboxylic acids is 9. The van der Waals surface area contributed by atoms with Gasteiger partial charge >= 0.3 is 0 Å². The maximum absolute atomic E-state index is 14.0. The summed E-state index contributed by atoms with van der Waals surface area (Å²) in [6, 6.07) is -4.31. The smallest absolute Gasteiger partial charge is 0.243 e. The van der Waals surface area contributed by atoms with Crippen molar-refractivity contribution in [2.75, 3.05) is 26.2 Å². The van der Waals surface area contributed by atoms with Crippen LogP contribution in [-0.2, 0) is 43.2 Å². The normalized spacial score (nSPS) is 13.9. The van der Waals surface area contributed by atoms with Gasteiger partial charge in [-0.05, 0) is 95.9 Å². The summed E-state index contributed by atoms with van der Waals surface area (Å²) in [5, 5.41) is 28.2. The van der Waals surface area contributed by atoms with Crippen molar-refractivity contribution in [2.24, 2.45) is 5.92 Å². The van der Waals surface area contributed by atoms with Crippen LogP contribution in [-0.4, -0.2) is 115 Å². The molecule has 0 unspecified atom stereocenters. The molecule has 0 radical (unpaired) electrons. The summed E-state index contributed by atoms with van der Waals surface area (Å²) in [5.74, 6) is -3.75. The third-order valence-corrected chi connectivity index (χ3v) is 11.0. The van der Waals surface area contributed by atoms with Crippen molar-refractivity contribution >= 4 is 53.0 Å². The van der Waals surface area contributed by atoms with E-state index in [0.717, 1.165) is 12.8 Å². The Morgan fingerprint density at radius 1 is 0.409 bits per heavy atom. The maximum Gasteiger partial charge on any atom is 0.243 e. The van der Waals surface area contributed by atoms with Crippen LogP contribution < -0.4 is 53.2 Å². The van der Waals surface area contributed by atoms with Crippen molar-refractivity contribution in [1.82, 2.24) is 53.2 Å². The van der Waals surface area contributed by atoms with E-state index >= 15 is 0 Å². The van der Waals surface area contributed by atoms with E-state index in [2.05, 4.69) is 66.3 Å². The highest BCUT2D eigenvalue weighted by Gasteiger charge is 2.30. The van der Waals surface area contributed by atoms with Gasteiger partial charge in [0.2, 0.25) is 47.3 Å². The molecule has 0 saturated heterocycles. The molecule has 0 bridgehead atoms. The molecule has 66 heavy (non-hydrogen) atoms. The monoisotopic (exact) mass is 933 g/mol. The van der Waals surface area contributed by atoms with Crippen LogP contribution in [0.25, 0.3) is 0 Å². The summed E-state index contributed by atoms with van der Waals surface area (Å²) in [4.78, 5) is 116. The third-order valence-electron chi connectivity index (χ3n) is 11.0. The van der Waals surface area contributed by atoms with E-state index in [-0.39, 0.29) is 66.5 Å². The number of carbonyl (C=O) groups is 9. The zero-order chi connectivity index (χ0) is 49.9. The van der Waals surface area contributed by atoms with Crippen LogP contribution >= 0.6 is 0 Å². The van der Waals surface area contributed by atoms with Gasteiger partial charge < -0.3 is 53.2 Å². The van der Waals surface area contributed by atoms with E-state index in [1.165, 1.54) is 26.2 Å². The van der Waals surface area contributed by atoms with E-state index in [4.69, 9.17) is 0 Å². The first kappa shape index (κ1) is 60.5. The van der Waals surface area contributed by atoms with Crippen LogP contribution in [0.1, 0.15) is 151 Å². The van der Waals surface area contributed by atoms with Gasteiger partial charge in [0.05, 0.1) is 6.04 Å². The number of hydrogen-bond acceptors (Lipinski definition) is 11. The van der Waals surface area contributed by atoms with Gasteiger partial charge in [0.1, 0.15) is 30.2 Å². The Bertz CT molecular complexity index is 1540. The van der Waals surface area contributed by atoms with Crippen molar-refractivity contribution in [3.63, 3.8) is 0 Å². The molecule has 0 aliphatic heterocycles. The Kier molecular flexibility index (Phi) is 33.6. The average Bonchev–Trinajstić information content (AvgIpc) is 3.28. The largest absolute Gasteiger partial charge is 0.380 e. The van der Waals surface area contributed by atoms with Gasteiger partial charge in [-0.25, -0.2) is 0 Å². The fourth-order valence-corrected chi connectivity index (χ4v) is 7.08. The van der Waals surface area contributed by atoms with Gasteiger partial charge in [0.15, 0.2) is 5.78 Å². The predicted octanol–water partition coefficient (Wildman–Crippen LogP) is 2.16. The summed E-state index contributed by atoms with van der Waals surface area (Å²) >= 11 is 0. The first-order chi connectivity index (χ1) is 31.5. The van der Waals surface area contributed by atoms with E-state index in [0.29, 0.717) is 96.7 Å². The molecule has 0 saturated carbocycles. The topological polar surface area (TPSA) is 274 Å². The molecule has 0 aromatic rings. The Morgan fingerprint density at radius 3 is 1.23 bits per heavy atom. The number of unbranched alkanes of at least 4 members (excludes halogenated alkanes) is 4. The SMILES string of the molecule is C=CN[C@@H](CC)C(=O)N[C@@H](CCCCNC(=O)[C@@H](CC)NC(C)=O)C(=O)NCCCC[C@@H](CC(=O)[C@H](CCCCNC(=O)[C@@H](CC)NC=C)NC(=O)[C@H](CC)NC(C)=O)C(=O)NCCCC. The molecule has 376 valence electrons. The van der Waals surface area contributed by atoms with Crippen LogP contribution in [0.2, 0.25) is 0 Å². The number of hydrogen-bond donors (Lipinski definition) is 10. The minimum Gasteiger partial charge on any atom is -0.380 e. The molecular formula is C47H84N10O9. The maximum atomic E-state index is 14.0. The third kappa shape index (κ3) is 26.5. The van der Waals surface area contributed by atoms with Crippen molar-refractivity contribution < 1.29 is 43.2 Å². The summed E-state index contributed by atoms with van der Waals surface area (Å²) in [5.41, 5.74) is 0. The van der Waals surface area contributed by atoms with Gasteiger partial charge in [-0.1, -0.05) is 60.6 Å². The van der Waals surface area contributed by atoms with Gasteiger partial charge in [0, 0.05) is 52.4 Å². The Morgan fingerprint density at radius 2 is 0.773 bits per heavy atom. The lowest BCUT2D eigenvalue weighted by Crippen LogP contribution is -2.52. The molecule has 0 aromatic heterocycles. The fourth-order valence-electron chi connectivity index (χ4n) is 7.08. The lowest BCUT2D eigenvalue weighted by atomic mass is 9.91. The van der Waals surface area contributed by atoms with Crippen LogP contribution in [0, 0.1) is 5.92 Å². The average molecular weight is 933 g/mol. The lowest BCUT2D eigenvalue weighted by molar-refractivity contribution is -0.133. The van der Waals surface area contributed by atoms with Crippen molar-refractivity contribution in [1.29, 1.82) is 0 Å². The molecule has 0 aliphatic rings. The molecule has 19 heteroatoms. The number of rotatable bonds is 39. The molecule has 8 amide bonds. The van der Waals surface area contributed by atoms with E-state index < -0.39 is 48.1 Å². The summed E-state index contributed by atoms with van der Waals surface area (Å²) in [6.07, 6.45) is 9.96. The Labute approximate surface area is 393 Å². The molecule has 10 N–H and O–H groups in total. The van der Waals surface area contributed by atoms with Crippen LogP contribution in [0.4, 0.5) is 0 Å². The summed E-state index contributed by atoms with van der Waals surface area (Å²) in [6.45, 7) is 20.5. The molecule has 0 spiro atoms. The van der Waals surface area contributed by atoms with Crippen LogP contribution in [0.15, 0.2) is 25.6 Å². The highest BCUT2D eigenvalue weighted by Crippen LogP contribution is 2.18. The summed E-state index contributed by atoms with van der Waals surface area (Å²) < 4.78 is 0. The molecule has 0 fully saturated rings. The Balaban J connectivity index is 5.85. The van der Waals surface area contributed by atoms with E-state index in [1.807, 2.05) is 20.8 Å². The highest BCUT2D eigenvalue weighted by molar-refractivity contribution is 5.94. The predicted molar refractivity (Wildman–Crippen MR) is 256 cm³/mol. The van der Waals surface area contributed by atoms with Crippen LogP contribution in [0.3, 0.4) is 0 Å². The Hall–Kier alpha value is -5.49. The molecule has 0 aliphatic carbocycles. The second-order valence-corrected chi connectivity index (χ2v) is 16.5. The first-order valence-corrected chi connectivity index (χ1v) is 24.1. The minimum absolute atomic E-state index is 0.146. The number of amides is 8. The lowest BCUT2D eigenvalue weighted by Gasteiger charge is -2.24. The number of ketones is 1. The number of Topliss-reactive ketones (excluding diaryl/α,β-unsaturated/α-hetero) is 1. The van der Waals surface area contributed by atoms with E-state index in [9.17, 15) is 43.2 Å². The van der Waals surface area contributed by atoms with Gasteiger partial charge in [-0.3, -0.25) is 43.2 Å².